The normalized spacial score (nSPS) is 17.4. The molecule has 21 heavy (non-hydrogen) atoms. The smallest absolute Gasteiger partial charge is 0.0951 e. The predicted octanol–water partition coefficient (Wildman–Crippen LogP) is 4.08. The van der Waals surface area contributed by atoms with Gasteiger partial charge in [0.2, 0.25) is 0 Å². The molecule has 0 bridgehead atoms. The van der Waals surface area contributed by atoms with Gasteiger partial charge < -0.3 is 10.6 Å². The van der Waals surface area contributed by atoms with Gasteiger partial charge in [0.05, 0.1) is 11.2 Å². The quantitative estimate of drug-likeness (QED) is 0.802. The summed E-state index contributed by atoms with van der Waals surface area (Å²) in [5.74, 6) is 0.812. The Morgan fingerprint density at radius 3 is 2.52 bits per heavy atom. The Labute approximate surface area is 127 Å². The van der Waals surface area contributed by atoms with Gasteiger partial charge in [-0.3, -0.25) is 4.98 Å². The van der Waals surface area contributed by atoms with Crippen molar-refractivity contribution < 1.29 is 0 Å². The summed E-state index contributed by atoms with van der Waals surface area (Å²) in [5, 5.41) is 1.17. The zero-order valence-corrected chi connectivity index (χ0v) is 13.3. The molecule has 1 fully saturated rings. The number of benzene rings is 1. The van der Waals surface area contributed by atoms with Gasteiger partial charge in [-0.25, -0.2) is 0 Å². The molecule has 0 amide bonds. The van der Waals surface area contributed by atoms with Crippen LogP contribution >= 0.6 is 0 Å². The molecule has 2 aromatic rings. The molecule has 3 nitrogen and oxygen atoms in total. The highest BCUT2D eigenvalue weighted by Crippen LogP contribution is 2.37. The summed E-state index contributed by atoms with van der Waals surface area (Å²) < 4.78 is 0. The fourth-order valence-electron chi connectivity index (χ4n) is 3.44. The summed E-state index contributed by atoms with van der Waals surface area (Å²) in [7, 11) is 0. The van der Waals surface area contributed by atoms with E-state index in [1.54, 1.807) is 0 Å². The molecule has 112 valence electrons. The average Bonchev–Trinajstić information content (AvgIpc) is 2.47. The summed E-state index contributed by atoms with van der Waals surface area (Å²) in [6, 6.07) is 8.26. The molecule has 0 unspecified atom stereocenters. The minimum Gasteiger partial charge on any atom is -0.397 e. The summed E-state index contributed by atoms with van der Waals surface area (Å²) >= 11 is 0. The predicted molar refractivity (Wildman–Crippen MR) is 90.5 cm³/mol. The molecule has 0 spiro atoms. The Kier molecular flexibility index (Phi) is 3.52. The van der Waals surface area contributed by atoms with Crippen molar-refractivity contribution in [2.24, 2.45) is 11.3 Å². The number of hydrogen-bond acceptors (Lipinski definition) is 3. The molecule has 0 aliphatic carbocycles. The van der Waals surface area contributed by atoms with Gasteiger partial charge in [-0.15, -0.1) is 0 Å². The van der Waals surface area contributed by atoms with E-state index in [0.717, 1.165) is 30.2 Å². The monoisotopic (exact) mass is 283 g/mol. The summed E-state index contributed by atoms with van der Waals surface area (Å²) in [6.45, 7) is 9.31. The van der Waals surface area contributed by atoms with Crippen LogP contribution in [-0.2, 0) is 0 Å². The minimum absolute atomic E-state index is 0.414. The molecular weight excluding hydrogens is 258 g/mol. The third kappa shape index (κ3) is 2.69. The van der Waals surface area contributed by atoms with E-state index in [-0.39, 0.29) is 0 Å². The SMILES string of the molecule is CC(C)(C)C1CCN(c2ccc(N)c3ncccc23)CC1. The van der Waals surface area contributed by atoms with Crippen LogP contribution in [0.1, 0.15) is 33.6 Å². The van der Waals surface area contributed by atoms with Gasteiger partial charge in [-0.05, 0) is 48.4 Å². The second kappa shape index (κ2) is 5.21. The van der Waals surface area contributed by atoms with E-state index in [4.69, 9.17) is 5.73 Å². The van der Waals surface area contributed by atoms with Gasteiger partial charge in [0.1, 0.15) is 0 Å². The van der Waals surface area contributed by atoms with Crippen LogP contribution in [0.15, 0.2) is 30.5 Å². The van der Waals surface area contributed by atoms with Gasteiger partial charge in [0, 0.05) is 30.4 Å². The molecule has 3 rings (SSSR count). The molecule has 1 aliphatic heterocycles. The number of anilines is 2. The lowest BCUT2D eigenvalue weighted by atomic mass is 9.75. The van der Waals surface area contributed by atoms with Crippen molar-refractivity contribution in [3.63, 3.8) is 0 Å². The molecule has 0 radical (unpaired) electrons. The molecule has 2 heterocycles. The van der Waals surface area contributed by atoms with Gasteiger partial charge in [-0.1, -0.05) is 20.8 Å². The summed E-state index contributed by atoms with van der Waals surface area (Å²) in [6.07, 6.45) is 4.33. The molecule has 0 atom stereocenters. The minimum atomic E-state index is 0.414. The standard InChI is InChI=1S/C18H25N3/c1-18(2,3)13-8-11-21(12-9-13)16-7-6-15(19)17-14(16)5-4-10-20-17/h4-7,10,13H,8-9,11-12,19H2,1-3H3. The highest BCUT2D eigenvalue weighted by Gasteiger charge is 2.29. The van der Waals surface area contributed by atoms with Crippen LogP contribution in [0.3, 0.4) is 0 Å². The van der Waals surface area contributed by atoms with Crippen molar-refractivity contribution in [1.82, 2.24) is 4.98 Å². The molecule has 1 aromatic heterocycles. The molecule has 3 heteroatoms. The topological polar surface area (TPSA) is 42.1 Å². The highest BCUT2D eigenvalue weighted by molar-refractivity contribution is 5.98. The Balaban J connectivity index is 1.88. The third-order valence-corrected chi connectivity index (χ3v) is 4.84. The van der Waals surface area contributed by atoms with Gasteiger partial charge in [0.25, 0.3) is 0 Å². The Bertz CT molecular complexity index is 634. The van der Waals surface area contributed by atoms with Crippen LogP contribution in [0.4, 0.5) is 11.4 Å². The number of pyridine rings is 1. The number of fused-ring (bicyclic) bond motifs is 1. The van der Waals surface area contributed by atoms with E-state index < -0.39 is 0 Å². The van der Waals surface area contributed by atoms with Crippen molar-refractivity contribution in [1.29, 1.82) is 0 Å². The maximum absolute atomic E-state index is 6.05. The van der Waals surface area contributed by atoms with Gasteiger partial charge >= 0.3 is 0 Å². The zero-order valence-electron chi connectivity index (χ0n) is 13.3. The van der Waals surface area contributed by atoms with E-state index in [2.05, 4.69) is 42.8 Å². The highest BCUT2D eigenvalue weighted by atomic mass is 15.1. The largest absolute Gasteiger partial charge is 0.397 e. The lowest BCUT2D eigenvalue weighted by Crippen LogP contribution is -2.38. The molecule has 1 aromatic carbocycles. The molecule has 1 aliphatic rings. The van der Waals surface area contributed by atoms with Crippen LogP contribution in [0.2, 0.25) is 0 Å². The van der Waals surface area contributed by atoms with Crippen LogP contribution in [-0.4, -0.2) is 18.1 Å². The third-order valence-electron chi connectivity index (χ3n) is 4.84. The number of hydrogen-bond donors (Lipinski definition) is 1. The van der Waals surface area contributed by atoms with Crippen molar-refractivity contribution in [3.05, 3.63) is 30.5 Å². The Morgan fingerprint density at radius 1 is 1.14 bits per heavy atom. The van der Waals surface area contributed by atoms with E-state index >= 15 is 0 Å². The summed E-state index contributed by atoms with van der Waals surface area (Å²) in [4.78, 5) is 6.93. The van der Waals surface area contributed by atoms with E-state index in [1.165, 1.54) is 23.9 Å². The molecular formula is C18H25N3. The van der Waals surface area contributed by atoms with Crippen LogP contribution in [0.25, 0.3) is 10.9 Å². The van der Waals surface area contributed by atoms with E-state index in [1.807, 2.05) is 18.3 Å². The Hall–Kier alpha value is -1.77. The molecule has 2 N–H and O–H groups in total. The lowest BCUT2D eigenvalue weighted by molar-refractivity contribution is 0.199. The summed E-state index contributed by atoms with van der Waals surface area (Å²) in [5.41, 5.74) is 9.43. The van der Waals surface area contributed by atoms with Gasteiger partial charge in [0.15, 0.2) is 0 Å². The maximum atomic E-state index is 6.05. The number of nitrogen functional groups attached to an aromatic ring is 1. The van der Waals surface area contributed by atoms with Crippen molar-refractivity contribution in [2.75, 3.05) is 23.7 Å². The number of nitrogens with two attached hydrogens (primary N) is 1. The molecule has 1 saturated heterocycles. The number of rotatable bonds is 1. The van der Waals surface area contributed by atoms with Gasteiger partial charge in [-0.2, -0.15) is 0 Å². The lowest BCUT2D eigenvalue weighted by Gasteiger charge is -2.40. The first-order valence-corrected chi connectivity index (χ1v) is 7.85. The first kappa shape index (κ1) is 14.2. The maximum Gasteiger partial charge on any atom is 0.0951 e. The second-order valence-corrected chi connectivity index (χ2v) is 7.20. The first-order chi connectivity index (χ1) is 9.97. The molecule has 0 saturated carbocycles. The van der Waals surface area contributed by atoms with Crippen molar-refractivity contribution in [2.45, 2.75) is 33.6 Å². The van der Waals surface area contributed by atoms with Crippen LogP contribution in [0, 0.1) is 11.3 Å². The average molecular weight is 283 g/mol. The van der Waals surface area contributed by atoms with E-state index in [9.17, 15) is 0 Å². The zero-order chi connectivity index (χ0) is 15.0. The number of piperidine rings is 1. The Morgan fingerprint density at radius 2 is 1.86 bits per heavy atom. The van der Waals surface area contributed by atoms with Crippen LogP contribution < -0.4 is 10.6 Å². The number of aromatic nitrogens is 1. The second-order valence-electron chi connectivity index (χ2n) is 7.20. The first-order valence-electron chi connectivity index (χ1n) is 7.85. The number of nitrogens with zero attached hydrogens (tertiary/aromatic N) is 2. The van der Waals surface area contributed by atoms with Crippen molar-refractivity contribution in [3.8, 4) is 0 Å². The fraction of sp³-hybridized carbons (Fsp3) is 0.500. The van der Waals surface area contributed by atoms with E-state index in [0.29, 0.717) is 5.41 Å². The van der Waals surface area contributed by atoms with Crippen molar-refractivity contribution >= 4 is 22.3 Å². The fourth-order valence-corrected chi connectivity index (χ4v) is 3.44. The van der Waals surface area contributed by atoms with Crippen LogP contribution in [0.5, 0.6) is 0 Å².